The van der Waals surface area contributed by atoms with Crippen molar-refractivity contribution in [3.8, 4) is 5.75 Å². The Morgan fingerprint density at radius 2 is 2.00 bits per heavy atom. The zero-order valence-electron chi connectivity index (χ0n) is 13.5. The molecule has 1 amide bonds. The van der Waals surface area contributed by atoms with Crippen LogP contribution in [0.1, 0.15) is 12.5 Å². The van der Waals surface area contributed by atoms with E-state index in [2.05, 4.69) is 15.5 Å². The number of fused-ring (bicyclic) bond motifs is 1. The summed E-state index contributed by atoms with van der Waals surface area (Å²) in [5, 5.41) is 5.43. The van der Waals surface area contributed by atoms with Gasteiger partial charge in [-0.15, -0.1) is 0 Å². The van der Waals surface area contributed by atoms with Gasteiger partial charge >= 0.3 is 0 Å². The topological polar surface area (TPSA) is 63.6 Å². The second kappa shape index (κ2) is 7.77. The van der Waals surface area contributed by atoms with E-state index >= 15 is 0 Å². The van der Waals surface area contributed by atoms with Crippen LogP contribution in [-0.4, -0.2) is 23.2 Å². The third-order valence-corrected chi connectivity index (χ3v) is 3.90. The first-order valence-electron chi connectivity index (χ1n) is 7.73. The van der Waals surface area contributed by atoms with E-state index in [1.807, 2.05) is 36.4 Å². The van der Waals surface area contributed by atoms with Gasteiger partial charge in [-0.05, 0) is 25.1 Å². The first-order chi connectivity index (χ1) is 12.1. The zero-order chi connectivity index (χ0) is 17.6. The van der Waals surface area contributed by atoms with Crippen molar-refractivity contribution in [2.75, 3.05) is 0 Å². The Bertz CT molecular complexity index is 922. The van der Waals surface area contributed by atoms with Crippen LogP contribution in [0.15, 0.2) is 65.9 Å². The predicted octanol–water partition coefficient (Wildman–Crippen LogP) is 3.81. The summed E-state index contributed by atoms with van der Waals surface area (Å²) in [7, 11) is 0. The molecule has 0 unspecified atom stereocenters. The van der Waals surface area contributed by atoms with Gasteiger partial charge in [0.1, 0.15) is 11.3 Å². The number of rotatable bonds is 5. The van der Waals surface area contributed by atoms with Crippen molar-refractivity contribution in [2.45, 2.75) is 13.0 Å². The summed E-state index contributed by atoms with van der Waals surface area (Å²) < 4.78 is 5.74. The summed E-state index contributed by atoms with van der Waals surface area (Å²) in [6, 6.07) is 16.6. The number of aromatic nitrogens is 1. The summed E-state index contributed by atoms with van der Waals surface area (Å²) in [6.07, 6.45) is 2.45. The van der Waals surface area contributed by atoms with Gasteiger partial charge < -0.3 is 4.74 Å². The van der Waals surface area contributed by atoms with Crippen molar-refractivity contribution in [3.05, 3.63) is 71.4 Å². The van der Waals surface area contributed by atoms with Crippen molar-refractivity contribution in [3.63, 3.8) is 0 Å². The van der Waals surface area contributed by atoms with Crippen LogP contribution in [-0.2, 0) is 4.79 Å². The number of para-hydroxylation sites is 1. The number of halogens is 1. The van der Waals surface area contributed by atoms with Crippen LogP contribution in [0.3, 0.4) is 0 Å². The number of hydrazone groups is 1. The van der Waals surface area contributed by atoms with E-state index in [0.717, 1.165) is 10.9 Å². The molecule has 0 fully saturated rings. The lowest BCUT2D eigenvalue weighted by atomic mass is 10.2. The molecule has 1 heterocycles. The van der Waals surface area contributed by atoms with Crippen molar-refractivity contribution in [2.24, 2.45) is 5.10 Å². The molecule has 1 aromatic heterocycles. The third kappa shape index (κ3) is 4.14. The van der Waals surface area contributed by atoms with Gasteiger partial charge in [0.25, 0.3) is 5.91 Å². The zero-order valence-corrected chi connectivity index (χ0v) is 14.3. The summed E-state index contributed by atoms with van der Waals surface area (Å²) >= 11 is 6.03. The van der Waals surface area contributed by atoms with Crippen molar-refractivity contribution in [1.29, 1.82) is 0 Å². The molecule has 1 N–H and O–H groups in total. The third-order valence-electron chi connectivity index (χ3n) is 3.55. The molecule has 126 valence electrons. The SMILES string of the molecule is C[C@@H](Oc1cccc2cccnc12)C(=O)N/N=C\c1ccccc1Cl. The maximum absolute atomic E-state index is 12.2. The number of carbonyl (C=O) groups is 1. The normalized spacial score (nSPS) is 12.2. The minimum Gasteiger partial charge on any atom is -0.479 e. The maximum Gasteiger partial charge on any atom is 0.280 e. The molecule has 0 saturated heterocycles. The van der Waals surface area contributed by atoms with Crippen molar-refractivity contribution >= 4 is 34.6 Å². The van der Waals surface area contributed by atoms with Crippen molar-refractivity contribution in [1.82, 2.24) is 10.4 Å². The van der Waals surface area contributed by atoms with Gasteiger partial charge in [-0.2, -0.15) is 5.10 Å². The highest BCUT2D eigenvalue weighted by molar-refractivity contribution is 6.33. The monoisotopic (exact) mass is 353 g/mol. The highest BCUT2D eigenvalue weighted by Crippen LogP contribution is 2.23. The van der Waals surface area contributed by atoms with Crippen LogP contribution >= 0.6 is 11.6 Å². The number of hydrogen-bond donors (Lipinski definition) is 1. The Balaban J connectivity index is 1.65. The molecule has 0 radical (unpaired) electrons. The Morgan fingerprint density at radius 3 is 2.84 bits per heavy atom. The molecule has 3 aromatic rings. The van der Waals surface area contributed by atoms with E-state index in [4.69, 9.17) is 16.3 Å². The Hall–Kier alpha value is -2.92. The summed E-state index contributed by atoms with van der Waals surface area (Å²) in [5.41, 5.74) is 3.88. The van der Waals surface area contributed by atoms with Gasteiger partial charge in [0.2, 0.25) is 0 Å². The minimum absolute atomic E-state index is 0.365. The van der Waals surface area contributed by atoms with Crippen molar-refractivity contribution < 1.29 is 9.53 Å². The molecule has 0 aliphatic carbocycles. The molecule has 6 heteroatoms. The molecule has 25 heavy (non-hydrogen) atoms. The number of pyridine rings is 1. The van der Waals surface area contributed by atoms with Gasteiger partial charge in [-0.3, -0.25) is 9.78 Å². The predicted molar refractivity (Wildman–Crippen MR) is 99.0 cm³/mol. The van der Waals surface area contributed by atoms with Gasteiger partial charge in [0, 0.05) is 22.2 Å². The summed E-state index contributed by atoms with van der Waals surface area (Å²) in [6.45, 7) is 1.65. The fraction of sp³-hybridized carbons (Fsp3) is 0.105. The molecule has 0 aliphatic heterocycles. The van der Waals surface area contributed by atoms with E-state index < -0.39 is 6.10 Å². The quantitative estimate of drug-likeness (QED) is 0.560. The second-order valence-corrected chi connectivity index (χ2v) is 5.75. The van der Waals surface area contributed by atoms with Crippen LogP contribution in [0.5, 0.6) is 5.75 Å². The molecule has 5 nitrogen and oxygen atoms in total. The highest BCUT2D eigenvalue weighted by Gasteiger charge is 2.15. The maximum atomic E-state index is 12.2. The summed E-state index contributed by atoms with van der Waals surface area (Å²) in [4.78, 5) is 16.5. The average Bonchev–Trinajstić information content (AvgIpc) is 2.63. The Labute approximate surface area is 150 Å². The second-order valence-electron chi connectivity index (χ2n) is 5.35. The largest absolute Gasteiger partial charge is 0.479 e. The fourth-order valence-corrected chi connectivity index (χ4v) is 2.44. The molecule has 0 bridgehead atoms. The number of nitrogens with one attached hydrogen (secondary N) is 1. The lowest BCUT2D eigenvalue weighted by molar-refractivity contribution is -0.127. The molecular weight excluding hydrogens is 338 g/mol. The van der Waals surface area contributed by atoms with Gasteiger partial charge in [0.05, 0.1) is 6.21 Å². The van der Waals surface area contributed by atoms with Gasteiger partial charge in [0.15, 0.2) is 6.10 Å². The number of ether oxygens (including phenoxy) is 1. The van der Waals surface area contributed by atoms with E-state index in [1.54, 1.807) is 31.3 Å². The van der Waals surface area contributed by atoms with Crippen LogP contribution in [0, 0.1) is 0 Å². The number of amides is 1. The summed E-state index contributed by atoms with van der Waals surface area (Å²) in [5.74, 6) is 0.187. The molecule has 1 atom stereocenters. The van der Waals surface area contributed by atoms with Crippen LogP contribution in [0.4, 0.5) is 0 Å². The van der Waals surface area contributed by atoms with Crippen LogP contribution in [0.2, 0.25) is 5.02 Å². The smallest absolute Gasteiger partial charge is 0.280 e. The van der Waals surface area contributed by atoms with Crippen LogP contribution in [0.25, 0.3) is 10.9 Å². The van der Waals surface area contributed by atoms with Gasteiger partial charge in [-0.1, -0.05) is 48.0 Å². The first-order valence-corrected chi connectivity index (χ1v) is 8.11. The molecule has 0 spiro atoms. The average molecular weight is 354 g/mol. The van der Waals surface area contributed by atoms with E-state index in [1.165, 1.54) is 6.21 Å². The Kier molecular flexibility index (Phi) is 5.26. The van der Waals surface area contributed by atoms with E-state index in [9.17, 15) is 4.79 Å². The molecule has 2 aromatic carbocycles. The molecule has 0 saturated carbocycles. The highest BCUT2D eigenvalue weighted by atomic mass is 35.5. The molecule has 3 rings (SSSR count). The number of nitrogens with zero attached hydrogens (tertiary/aromatic N) is 2. The van der Waals surface area contributed by atoms with Crippen LogP contribution < -0.4 is 10.2 Å². The van der Waals surface area contributed by atoms with E-state index in [-0.39, 0.29) is 5.91 Å². The number of benzene rings is 2. The number of hydrogen-bond acceptors (Lipinski definition) is 4. The number of carbonyl (C=O) groups excluding carboxylic acids is 1. The lowest BCUT2D eigenvalue weighted by Crippen LogP contribution is -2.33. The molecule has 0 aliphatic rings. The Morgan fingerprint density at radius 1 is 1.20 bits per heavy atom. The van der Waals surface area contributed by atoms with E-state index in [0.29, 0.717) is 16.3 Å². The lowest BCUT2D eigenvalue weighted by Gasteiger charge is -2.14. The molecular formula is C19H16ClN3O2. The first kappa shape index (κ1) is 16.9. The van der Waals surface area contributed by atoms with Gasteiger partial charge in [-0.25, -0.2) is 5.43 Å². The standard InChI is InChI=1S/C19H16ClN3O2/c1-13(19(24)23-22-12-15-6-2-3-9-16(15)20)25-17-10-4-7-14-8-5-11-21-18(14)17/h2-13H,1H3,(H,23,24)/b22-12-/t13-/m1/s1. The minimum atomic E-state index is -0.726. The fourth-order valence-electron chi connectivity index (χ4n) is 2.25.